The summed E-state index contributed by atoms with van der Waals surface area (Å²) in [6.45, 7) is 0. The third-order valence-corrected chi connectivity index (χ3v) is 1.96. The van der Waals surface area contributed by atoms with E-state index in [0.717, 1.165) is 11.3 Å². The zero-order chi connectivity index (χ0) is 9.26. The first-order valence-electron chi connectivity index (χ1n) is 3.97. The minimum absolute atomic E-state index is 0.428. The second-order valence-corrected chi connectivity index (χ2v) is 2.84. The van der Waals surface area contributed by atoms with Gasteiger partial charge in [0.1, 0.15) is 5.70 Å². The summed E-state index contributed by atoms with van der Waals surface area (Å²) in [7, 11) is 0. The fourth-order valence-corrected chi connectivity index (χ4v) is 1.28. The second kappa shape index (κ2) is 2.90. The molecule has 0 aliphatic carbocycles. The Morgan fingerprint density at radius 3 is 3.23 bits per heavy atom. The number of fused-ring (bicyclic) bond motifs is 1. The summed E-state index contributed by atoms with van der Waals surface area (Å²) in [5, 5.41) is 2.94. The fraction of sp³-hybridized carbons (Fsp3) is 0.111. The van der Waals surface area contributed by atoms with Crippen molar-refractivity contribution in [3.05, 3.63) is 35.8 Å². The second-order valence-electron chi connectivity index (χ2n) is 2.84. The van der Waals surface area contributed by atoms with E-state index >= 15 is 0 Å². The van der Waals surface area contributed by atoms with E-state index in [4.69, 9.17) is 5.73 Å². The molecule has 1 aromatic rings. The van der Waals surface area contributed by atoms with Gasteiger partial charge in [0.15, 0.2) is 0 Å². The summed E-state index contributed by atoms with van der Waals surface area (Å²) in [6, 6.07) is 1.82. The third kappa shape index (κ3) is 1.38. The topological polar surface area (TPSA) is 68.0 Å². The summed E-state index contributed by atoms with van der Waals surface area (Å²) in [4.78, 5) is 14.8. The lowest BCUT2D eigenvalue weighted by atomic mass is 10.1. The van der Waals surface area contributed by atoms with Gasteiger partial charge in [0.05, 0.1) is 0 Å². The van der Waals surface area contributed by atoms with Gasteiger partial charge in [-0.25, -0.2) is 0 Å². The predicted molar refractivity (Wildman–Crippen MR) is 48.8 cm³/mol. The van der Waals surface area contributed by atoms with Crippen LogP contribution >= 0.6 is 0 Å². The Hall–Kier alpha value is -1.84. The van der Waals surface area contributed by atoms with Gasteiger partial charge in [0.2, 0.25) is 0 Å². The van der Waals surface area contributed by atoms with Crippen molar-refractivity contribution in [2.24, 2.45) is 5.73 Å². The third-order valence-electron chi connectivity index (χ3n) is 1.96. The quantitative estimate of drug-likeness (QED) is 0.650. The molecule has 0 fully saturated rings. The Labute approximate surface area is 75.5 Å². The molecule has 0 aromatic carbocycles. The van der Waals surface area contributed by atoms with E-state index in [1.165, 1.54) is 0 Å². The van der Waals surface area contributed by atoms with Crippen LogP contribution in [-0.2, 0) is 11.2 Å². The summed E-state index contributed by atoms with van der Waals surface area (Å²) >= 11 is 0. The van der Waals surface area contributed by atoms with Crippen molar-refractivity contribution in [3.63, 3.8) is 0 Å². The van der Waals surface area contributed by atoms with Gasteiger partial charge in [-0.05, 0) is 18.1 Å². The maximum atomic E-state index is 10.8. The number of allylic oxidation sites excluding steroid dienone is 1. The number of anilines is 1. The first kappa shape index (κ1) is 7.79. The van der Waals surface area contributed by atoms with Crippen LogP contribution in [0.25, 0.3) is 0 Å². The van der Waals surface area contributed by atoms with Crippen molar-refractivity contribution in [1.82, 2.24) is 4.98 Å². The van der Waals surface area contributed by atoms with E-state index < -0.39 is 5.91 Å². The molecule has 1 aliphatic rings. The highest BCUT2D eigenvalue weighted by Crippen LogP contribution is 2.21. The number of rotatable bonds is 1. The summed E-state index contributed by atoms with van der Waals surface area (Å²) in [5.41, 5.74) is 7.58. The molecule has 1 amide bonds. The normalized spacial score (nSPS) is 14.0. The number of amides is 1. The largest absolute Gasteiger partial charge is 0.364 e. The summed E-state index contributed by atoms with van der Waals surface area (Å²) in [5.74, 6) is -0.428. The monoisotopic (exact) mass is 175 g/mol. The molecule has 0 saturated heterocycles. The summed E-state index contributed by atoms with van der Waals surface area (Å²) in [6.07, 6.45) is 5.92. The van der Waals surface area contributed by atoms with Gasteiger partial charge in [-0.3, -0.25) is 9.78 Å². The Balaban J connectivity index is 2.33. The number of nitrogens with one attached hydrogen (secondary N) is 1. The van der Waals surface area contributed by atoms with Crippen LogP contribution < -0.4 is 11.1 Å². The van der Waals surface area contributed by atoms with Gasteiger partial charge in [0.25, 0.3) is 5.91 Å². The van der Waals surface area contributed by atoms with Crippen LogP contribution in [0.2, 0.25) is 0 Å². The number of nitrogens with two attached hydrogens (primary N) is 1. The minimum atomic E-state index is -0.428. The van der Waals surface area contributed by atoms with Gasteiger partial charge >= 0.3 is 0 Å². The number of primary amides is 1. The van der Waals surface area contributed by atoms with E-state index in [1.807, 2.05) is 6.07 Å². The molecule has 2 heterocycles. The lowest BCUT2D eigenvalue weighted by molar-refractivity contribution is -0.114. The van der Waals surface area contributed by atoms with E-state index in [-0.39, 0.29) is 0 Å². The van der Waals surface area contributed by atoms with Crippen molar-refractivity contribution < 1.29 is 4.79 Å². The average molecular weight is 175 g/mol. The fourth-order valence-electron chi connectivity index (χ4n) is 1.28. The van der Waals surface area contributed by atoms with Crippen LogP contribution in [0.4, 0.5) is 5.69 Å². The molecule has 0 atom stereocenters. The molecule has 2 rings (SSSR count). The molecule has 4 nitrogen and oxygen atoms in total. The van der Waals surface area contributed by atoms with E-state index in [1.54, 1.807) is 18.5 Å². The zero-order valence-corrected chi connectivity index (χ0v) is 6.95. The minimum Gasteiger partial charge on any atom is -0.364 e. The number of hydrogen-bond acceptors (Lipinski definition) is 3. The van der Waals surface area contributed by atoms with Gasteiger partial charge in [-0.15, -0.1) is 0 Å². The number of pyridine rings is 1. The molecule has 1 aliphatic heterocycles. The van der Waals surface area contributed by atoms with Crippen LogP contribution in [-0.4, -0.2) is 10.9 Å². The first-order chi connectivity index (χ1) is 6.27. The van der Waals surface area contributed by atoms with E-state index in [0.29, 0.717) is 12.1 Å². The lowest BCUT2D eigenvalue weighted by Crippen LogP contribution is -2.22. The number of hydrogen-bond donors (Lipinski definition) is 2. The summed E-state index contributed by atoms with van der Waals surface area (Å²) < 4.78 is 0. The van der Waals surface area contributed by atoms with Crippen molar-refractivity contribution in [2.45, 2.75) is 6.42 Å². The predicted octanol–water partition coefficient (Wildman–Crippen LogP) is 0.419. The van der Waals surface area contributed by atoms with Crippen molar-refractivity contribution in [2.75, 3.05) is 5.32 Å². The van der Waals surface area contributed by atoms with Crippen LogP contribution in [0.15, 0.2) is 30.2 Å². The number of nitrogens with zero attached hydrogens (tertiary/aromatic N) is 1. The highest BCUT2D eigenvalue weighted by Gasteiger charge is 2.12. The Bertz CT molecular complexity index is 384. The van der Waals surface area contributed by atoms with Crippen molar-refractivity contribution in [3.8, 4) is 0 Å². The molecule has 1 aromatic heterocycles. The van der Waals surface area contributed by atoms with Crippen LogP contribution in [0.5, 0.6) is 0 Å². The number of carbonyl (C=O) groups is 1. The maximum absolute atomic E-state index is 10.8. The Kier molecular flexibility index (Phi) is 1.73. The Morgan fingerprint density at radius 1 is 1.62 bits per heavy atom. The molecular weight excluding hydrogens is 166 g/mol. The number of carbonyl (C=O) groups excluding carboxylic acids is 1. The van der Waals surface area contributed by atoms with Gasteiger partial charge in [0, 0.05) is 18.1 Å². The molecule has 3 N–H and O–H groups in total. The van der Waals surface area contributed by atoms with Crippen molar-refractivity contribution >= 4 is 11.6 Å². The van der Waals surface area contributed by atoms with Crippen LogP contribution in [0.3, 0.4) is 0 Å². The molecule has 0 bridgehead atoms. The first-order valence-corrected chi connectivity index (χ1v) is 3.97. The van der Waals surface area contributed by atoms with Crippen LogP contribution in [0.1, 0.15) is 5.56 Å². The molecule has 0 spiro atoms. The standard InChI is InChI=1S/C9H9N3O/c10-9(13)8-2-1-6-5-11-4-3-7(6)12-8/h2-5,12H,1H2,(H2,10,13). The van der Waals surface area contributed by atoms with Gasteiger partial charge in [-0.1, -0.05) is 6.08 Å². The van der Waals surface area contributed by atoms with E-state index in [9.17, 15) is 4.79 Å². The molecule has 0 unspecified atom stereocenters. The highest BCUT2D eigenvalue weighted by atomic mass is 16.1. The maximum Gasteiger partial charge on any atom is 0.264 e. The van der Waals surface area contributed by atoms with Gasteiger partial charge < -0.3 is 11.1 Å². The SMILES string of the molecule is NC(=O)C1=CCc2cnccc2N1. The van der Waals surface area contributed by atoms with Crippen molar-refractivity contribution in [1.29, 1.82) is 0 Å². The zero-order valence-electron chi connectivity index (χ0n) is 6.95. The highest BCUT2D eigenvalue weighted by molar-refractivity contribution is 5.95. The molecule has 0 radical (unpaired) electrons. The molecule has 4 heteroatoms. The molecular formula is C9H9N3O. The molecule has 13 heavy (non-hydrogen) atoms. The molecule has 0 saturated carbocycles. The number of aromatic nitrogens is 1. The smallest absolute Gasteiger partial charge is 0.264 e. The molecule has 66 valence electrons. The van der Waals surface area contributed by atoms with E-state index in [2.05, 4.69) is 10.3 Å². The van der Waals surface area contributed by atoms with Crippen LogP contribution in [0, 0.1) is 0 Å². The lowest BCUT2D eigenvalue weighted by Gasteiger charge is -2.16. The average Bonchev–Trinajstić information content (AvgIpc) is 2.17. The van der Waals surface area contributed by atoms with Gasteiger partial charge in [-0.2, -0.15) is 0 Å². The Morgan fingerprint density at radius 2 is 2.46 bits per heavy atom.